The molecule has 0 fully saturated rings. The fraction of sp³-hybridized carbons (Fsp3) is 0.556. The first-order valence-electron chi connectivity index (χ1n) is 24.2. The number of nitrogens with zero attached hydrogens (tertiary/aromatic N) is 12. The molecule has 0 spiro atoms. The van der Waals surface area contributed by atoms with Crippen LogP contribution in [0.5, 0.6) is 5.88 Å². The zero-order valence-corrected chi connectivity index (χ0v) is 55.1. The predicted molar refractivity (Wildman–Crippen MR) is 306 cm³/mol. The molecule has 0 aliphatic heterocycles. The van der Waals surface area contributed by atoms with Crippen molar-refractivity contribution < 1.29 is 39.9 Å². The Kier molecular flexibility index (Phi) is 26.3. The molecule has 6 aromatic heterocycles. The minimum absolute atomic E-state index is 0.0703. The lowest BCUT2D eigenvalue weighted by molar-refractivity contribution is -0.276. The van der Waals surface area contributed by atoms with Crippen LogP contribution in [-0.4, -0.2) is 66.2 Å². The van der Waals surface area contributed by atoms with E-state index in [0.29, 0.717) is 33.1 Å². The number of aromatic nitrogens is 12. The fourth-order valence-corrected chi connectivity index (χ4v) is 7.22. The van der Waals surface area contributed by atoms with E-state index in [9.17, 15) is 35.1 Å². The number of halogens is 12. The number of alkyl halides is 6. The molecule has 6 rings (SSSR count). The Labute approximate surface area is 493 Å². The van der Waals surface area contributed by atoms with E-state index in [0.717, 1.165) is 50.1 Å². The Morgan fingerprint density at radius 1 is 0.342 bits per heavy atom. The van der Waals surface area contributed by atoms with Crippen LogP contribution in [-0.2, 0) is 38.7 Å². The Morgan fingerprint density at radius 2 is 0.671 bits per heavy atom. The molecule has 0 saturated heterocycles. The van der Waals surface area contributed by atoms with Crippen LogP contribution in [0.25, 0.3) is 0 Å². The maximum absolute atomic E-state index is 13.1. The molecule has 0 N–H and O–H groups in total. The molecule has 13 nitrogen and oxygen atoms in total. The Morgan fingerprint density at radius 3 is 1.04 bits per heavy atom. The summed E-state index contributed by atoms with van der Waals surface area (Å²) in [5, 5.41) is 0. The number of aryl methyl sites for hydroxylation is 4. The second kappa shape index (κ2) is 28.6. The maximum Gasteiger partial charge on any atom is 0.574 e. The van der Waals surface area contributed by atoms with E-state index < -0.39 is 41.4 Å². The van der Waals surface area contributed by atoms with Crippen molar-refractivity contribution in [3.8, 4) is 5.88 Å². The number of ether oxygens (including phenoxy) is 1. The third-order valence-corrected chi connectivity index (χ3v) is 12.0. The van der Waals surface area contributed by atoms with Crippen LogP contribution in [0.3, 0.4) is 0 Å². The molecule has 0 atom stereocenters. The molecule has 0 aliphatic rings. The van der Waals surface area contributed by atoms with Crippen molar-refractivity contribution in [3.63, 3.8) is 0 Å². The van der Waals surface area contributed by atoms with Gasteiger partial charge in [-0.1, -0.05) is 125 Å². The third kappa shape index (κ3) is 26.0. The lowest BCUT2D eigenvalue weighted by atomic mass is 9.90. The lowest BCUT2D eigenvalue weighted by Crippen LogP contribution is -2.21. The summed E-state index contributed by atoms with van der Waals surface area (Å²) in [4.78, 5) is 47.5. The summed E-state index contributed by atoms with van der Waals surface area (Å²) in [5.74, 6) is -1.59. The van der Waals surface area contributed by atoms with E-state index in [1.807, 2.05) is 103 Å². The van der Waals surface area contributed by atoms with Crippen LogP contribution in [0, 0.1) is 39.6 Å². The van der Waals surface area contributed by atoms with E-state index in [4.69, 9.17) is 0 Å². The van der Waals surface area contributed by atoms with Gasteiger partial charge >= 0.3 is 12.5 Å². The van der Waals surface area contributed by atoms with Gasteiger partial charge in [-0.05, 0) is 91.4 Å². The zero-order chi connectivity index (χ0) is 61.8. The summed E-state index contributed by atoms with van der Waals surface area (Å²) in [6, 6.07) is 0. The van der Waals surface area contributed by atoms with Gasteiger partial charge in [0.25, 0.3) is 0 Å². The monoisotopic (exact) mass is 1370 g/mol. The summed E-state index contributed by atoms with van der Waals surface area (Å²) < 4.78 is 105. The Hall–Kier alpha value is -4.36. The molecule has 79 heavy (non-hydrogen) atoms. The minimum atomic E-state index is -4.74. The first-order valence-corrected chi connectivity index (χ1v) is 27.4. The molecule has 25 heteroatoms. The van der Waals surface area contributed by atoms with E-state index in [1.165, 1.54) is 12.4 Å². The van der Waals surface area contributed by atoms with Gasteiger partial charge in [-0.2, -0.15) is 22.0 Å². The normalized spacial score (nSPS) is 12.2. The van der Waals surface area contributed by atoms with Crippen LogP contribution in [0.4, 0.5) is 35.1 Å². The summed E-state index contributed by atoms with van der Waals surface area (Å²) in [6.07, 6.45) is -1.06. The smallest absolute Gasteiger partial charge is 0.386 e. The van der Waals surface area contributed by atoms with Gasteiger partial charge in [-0.15, -0.1) is 13.2 Å². The van der Waals surface area contributed by atoms with Crippen molar-refractivity contribution in [1.82, 2.24) is 59.8 Å². The number of hydrogen-bond acceptors (Lipinski definition) is 13. The molecule has 0 unspecified atom stereocenters. The highest BCUT2D eigenvalue weighted by molar-refractivity contribution is 9.11. The summed E-state index contributed by atoms with van der Waals surface area (Å²) in [6.45, 7) is 42.7. The van der Waals surface area contributed by atoms with Gasteiger partial charge in [0.05, 0.1) is 82.2 Å². The van der Waals surface area contributed by atoms with E-state index in [2.05, 4.69) is 170 Å². The van der Waals surface area contributed by atoms with Crippen LogP contribution in [0.1, 0.15) is 187 Å². The summed E-state index contributed by atoms with van der Waals surface area (Å²) in [7, 11) is 0. The van der Waals surface area contributed by atoms with Crippen molar-refractivity contribution in [2.45, 2.75) is 197 Å². The highest BCUT2D eigenvalue weighted by Gasteiger charge is 2.35. The molecule has 0 bridgehead atoms. The van der Waals surface area contributed by atoms with Crippen molar-refractivity contribution in [2.24, 2.45) is 0 Å². The van der Waals surface area contributed by atoms with Crippen LogP contribution in [0.15, 0.2) is 55.6 Å². The van der Waals surface area contributed by atoms with Crippen LogP contribution in [0.2, 0.25) is 0 Å². The largest absolute Gasteiger partial charge is 0.574 e. The average molecular weight is 1380 g/mol. The van der Waals surface area contributed by atoms with E-state index in [-0.39, 0.29) is 31.7 Å². The molecule has 0 radical (unpaired) electrons. The Bertz CT molecular complexity index is 2820. The summed E-state index contributed by atoms with van der Waals surface area (Å²) >= 11 is 12.8. The van der Waals surface area contributed by atoms with Gasteiger partial charge in [-0.3, -0.25) is 19.9 Å². The van der Waals surface area contributed by atoms with E-state index >= 15 is 0 Å². The lowest BCUT2D eigenvalue weighted by Gasteiger charge is -2.20. The predicted octanol–water partition coefficient (Wildman–Crippen LogP) is 17.1. The van der Waals surface area contributed by atoms with Crippen LogP contribution < -0.4 is 4.74 Å². The Balaban J connectivity index is 0.000000476. The standard InChI is InChI=1S/C10H13F3N2O.C10H13F3N2.2C9H13BrN2.2C8H10BrFN2/c1-6-8(9(2,3)4)15-7(5-14-6)16-10(11,12)13;1-6-8(9(2,3)4)15-7(5-14-6)10(11,12)13;1-6-8(9(2,3)4)12-7(10)5-11-6;1-6-8(10)12-7(5-11-6)9(2,3)4;1-8(2,3)6-7(10)11-4-5(9)12-6;1-8(2,3)5-4-11-7(10)6(9)12-5/h5H,1-4H3;5H,1-4H3;2*5H,1-4H3;2*4H,1-3H3. The SMILES string of the molecule is CC(C)(C)c1cnc(F)c(Br)n1.CC(C)(C)c1nc(Br)cnc1F.Cc1ncc(Br)nc1C(C)(C)C.Cc1ncc(C(C)(C)C)nc1Br.Cc1ncc(C(F)(F)F)nc1C(C)(C)C.Cc1ncc(OC(F)(F)F)nc1C(C)(C)C. The third-order valence-electron chi connectivity index (χ3n) is 9.99. The average Bonchev–Trinajstić information content (AvgIpc) is 3.26. The first-order chi connectivity index (χ1) is 35.4. The fourth-order valence-electron chi connectivity index (χ4n) is 6.08. The quantitative estimate of drug-likeness (QED) is 0.143. The van der Waals surface area contributed by atoms with Gasteiger partial charge in [0.1, 0.15) is 19.5 Å². The number of hydrogen-bond donors (Lipinski definition) is 0. The number of rotatable bonds is 1. The molecule has 438 valence electrons. The molecular formula is C54H72Br4F8N12O. The maximum atomic E-state index is 13.1. The van der Waals surface area contributed by atoms with Gasteiger partial charge in [0.2, 0.25) is 17.8 Å². The van der Waals surface area contributed by atoms with Gasteiger partial charge in [0, 0.05) is 38.7 Å². The van der Waals surface area contributed by atoms with Crippen molar-refractivity contribution in [2.75, 3.05) is 0 Å². The van der Waals surface area contributed by atoms with Crippen molar-refractivity contribution >= 4 is 63.7 Å². The van der Waals surface area contributed by atoms with Gasteiger partial charge < -0.3 is 4.74 Å². The van der Waals surface area contributed by atoms with Gasteiger partial charge in [-0.25, -0.2) is 39.9 Å². The molecule has 0 amide bonds. The molecule has 6 aromatic rings. The minimum Gasteiger partial charge on any atom is -0.386 e. The molecule has 0 saturated carbocycles. The highest BCUT2D eigenvalue weighted by Crippen LogP contribution is 2.32. The molecular weight excluding hydrogens is 1300 g/mol. The van der Waals surface area contributed by atoms with Crippen molar-refractivity contribution in [3.05, 3.63) is 130 Å². The topological polar surface area (TPSA) is 164 Å². The van der Waals surface area contributed by atoms with Gasteiger partial charge in [0.15, 0.2) is 10.3 Å². The zero-order valence-electron chi connectivity index (χ0n) is 48.8. The second-order valence-corrected chi connectivity index (χ2v) is 26.9. The highest BCUT2D eigenvalue weighted by atomic mass is 79.9. The molecule has 0 aromatic carbocycles. The van der Waals surface area contributed by atoms with Crippen LogP contribution >= 0.6 is 63.7 Å². The van der Waals surface area contributed by atoms with E-state index in [1.54, 1.807) is 20.0 Å². The molecule has 0 aliphatic carbocycles. The first kappa shape index (κ1) is 72.7. The van der Waals surface area contributed by atoms with Crippen molar-refractivity contribution in [1.29, 1.82) is 0 Å². The summed E-state index contributed by atoms with van der Waals surface area (Å²) in [5.41, 5.74) is 5.19. The second-order valence-electron chi connectivity index (χ2n) is 23.8. The molecule has 6 heterocycles.